The van der Waals surface area contributed by atoms with Crippen LogP contribution in [0, 0.1) is 18.8 Å². The average molecular weight is 408 g/mol. The Kier molecular flexibility index (Phi) is 6.76. The summed E-state index contributed by atoms with van der Waals surface area (Å²) in [5.41, 5.74) is 0.833. The van der Waals surface area contributed by atoms with Gasteiger partial charge in [-0.25, -0.2) is 4.98 Å². The number of amides is 2. The molecule has 3 heterocycles. The van der Waals surface area contributed by atoms with E-state index in [9.17, 15) is 9.59 Å². The molecule has 28 heavy (non-hydrogen) atoms. The fourth-order valence-electron chi connectivity index (χ4n) is 4.18. The normalized spacial score (nSPS) is 24.1. The maximum absolute atomic E-state index is 13.0. The van der Waals surface area contributed by atoms with Gasteiger partial charge in [-0.1, -0.05) is 13.8 Å². The minimum absolute atomic E-state index is 0.0145. The van der Waals surface area contributed by atoms with Crippen LogP contribution in [0.5, 0.6) is 0 Å². The first-order valence-electron chi connectivity index (χ1n) is 10.4. The number of piperidine rings is 1. The number of hydrogen-bond donors (Lipinski definition) is 0. The van der Waals surface area contributed by atoms with Crippen LogP contribution in [0.2, 0.25) is 0 Å². The number of thiazole rings is 1. The van der Waals surface area contributed by atoms with Gasteiger partial charge in [0.2, 0.25) is 5.91 Å². The number of nitrogens with zero attached hydrogens (tertiary/aromatic N) is 3. The zero-order valence-corrected chi connectivity index (χ0v) is 18.6. The summed E-state index contributed by atoms with van der Waals surface area (Å²) >= 11 is 1.53. The van der Waals surface area contributed by atoms with E-state index in [0.717, 1.165) is 34.8 Å². The Hall–Kier alpha value is -1.47. The lowest BCUT2D eigenvalue weighted by Gasteiger charge is -2.39. The second-order valence-electron chi connectivity index (χ2n) is 8.69. The molecule has 2 fully saturated rings. The summed E-state index contributed by atoms with van der Waals surface area (Å²) in [7, 11) is 0. The van der Waals surface area contributed by atoms with Crippen LogP contribution in [0.25, 0.3) is 0 Å². The van der Waals surface area contributed by atoms with Crippen molar-refractivity contribution in [3.63, 3.8) is 0 Å². The van der Waals surface area contributed by atoms with Crippen molar-refractivity contribution >= 4 is 23.2 Å². The first kappa shape index (κ1) is 21.2. The molecule has 0 saturated carbocycles. The van der Waals surface area contributed by atoms with Gasteiger partial charge in [-0.05, 0) is 39.5 Å². The quantitative estimate of drug-likeness (QED) is 0.769. The lowest BCUT2D eigenvalue weighted by molar-refractivity contribution is -0.148. The molecule has 0 spiro atoms. The molecule has 2 unspecified atom stereocenters. The first-order chi connectivity index (χ1) is 13.2. The number of rotatable bonds is 4. The van der Waals surface area contributed by atoms with Crippen LogP contribution in [-0.2, 0) is 16.0 Å². The Morgan fingerprint density at radius 2 is 1.75 bits per heavy atom. The highest BCUT2D eigenvalue weighted by Gasteiger charge is 2.34. The maximum atomic E-state index is 13.0. The number of morpholine rings is 1. The second-order valence-corrected chi connectivity index (χ2v) is 9.77. The first-order valence-corrected chi connectivity index (χ1v) is 11.3. The molecule has 1 aromatic heterocycles. The number of carbonyl (C=O) groups is 2. The molecule has 2 atom stereocenters. The van der Waals surface area contributed by atoms with E-state index in [0.29, 0.717) is 32.1 Å². The van der Waals surface area contributed by atoms with Crippen LogP contribution in [-0.4, -0.2) is 65.0 Å². The molecule has 2 aliphatic heterocycles. The Morgan fingerprint density at radius 1 is 1.14 bits per heavy atom. The van der Waals surface area contributed by atoms with E-state index in [1.54, 1.807) is 0 Å². The predicted molar refractivity (Wildman–Crippen MR) is 111 cm³/mol. The Balaban J connectivity index is 1.57. The molecular formula is C21H33N3O3S. The standard InChI is InChI=1S/C21H33N3O3S/c1-13(2)10-18-22-16(5)19(28-18)21(26)23-8-6-17(7-9-23)20(25)24-11-14(3)27-15(4)12-24/h13-15,17H,6-12H2,1-5H3. The minimum atomic E-state index is 0.0145. The van der Waals surface area contributed by atoms with Crippen molar-refractivity contribution in [2.24, 2.45) is 11.8 Å². The molecule has 0 radical (unpaired) electrons. The lowest BCUT2D eigenvalue weighted by atomic mass is 9.94. The monoisotopic (exact) mass is 407 g/mol. The van der Waals surface area contributed by atoms with Gasteiger partial charge in [0.1, 0.15) is 4.88 Å². The molecule has 6 nitrogen and oxygen atoms in total. The van der Waals surface area contributed by atoms with Gasteiger partial charge in [-0.3, -0.25) is 9.59 Å². The molecule has 7 heteroatoms. The number of aryl methyl sites for hydroxylation is 1. The summed E-state index contributed by atoms with van der Waals surface area (Å²) in [5, 5.41) is 1.04. The topological polar surface area (TPSA) is 62.7 Å². The van der Waals surface area contributed by atoms with E-state index in [4.69, 9.17) is 4.74 Å². The van der Waals surface area contributed by atoms with Gasteiger partial charge < -0.3 is 14.5 Å². The fourth-order valence-corrected chi connectivity index (χ4v) is 5.42. The van der Waals surface area contributed by atoms with E-state index in [1.165, 1.54) is 11.3 Å². The molecule has 2 amide bonds. The summed E-state index contributed by atoms with van der Waals surface area (Å²) < 4.78 is 5.74. The van der Waals surface area contributed by atoms with Crippen LogP contribution >= 0.6 is 11.3 Å². The van der Waals surface area contributed by atoms with Gasteiger partial charge in [0.05, 0.1) is 22.9 Å². The van der Waals surface area contributed by atoms with Gasteiger partial charge in [0.25, 0.3) is 5.91 Å². The molecule has 2 saturated heterocycles. The Labute approximate surface area is 172 Å². The van der Waals surface area contributed by atoms with Gasteiger partial charge in [0, 0.05) is 38.5 Å². The Bertz CT molecular complexity index is 700. The van der Waals surface area contributed by atoms with Gasteiger partial charge in [0.15, 0.2) is 0 Å². The zero-order valence-electron chi connectivity index (χ0n) is 17.7. The van der Waals surface area contributed by atoms with E-state index in [2.05, 4.69) is 18.8 Å². The van der Waals surface area contributed by atoms with Crippen LogP contribution in [0.3, 0.4) is 0 Å². The zero-order chi connectivity index (χ0) is 20.4. The van der Waals surface area contributed by atoms with Crippen molar-refractivity contribution in [1.29, 1.82) is 0 Å². The van der Waals surface area contributed by atoms with E-state index in [-0.39, 0.29) is 29.9 Å². The molecule has 0 N–H and O–H groups in total. The Morgan fingerprint density at radius 3 is 2.32 bits per heavy atom. The van der Waals surface area contributed by atoms with Crippen LogP contribution in [0.15, 0.2) is 0 Å². The van der Waals surface area contributed by atoms with Gasteiger partial charge in [-0.15, -0.1) is 11.3 Å². The highest BCUT2D eigenvalue weighted by Crippen LogP contribution is 2.26. The van der Waals surface area contributed by atoms with E-state index < -0.39 is 0 Å². The third-order valence-corrected chi connectivity index (χ3v) is 6.65. The summed E-state index contributed by atoms with van der Waals surface area (Å²) in [5.74, 6) is 0.841. The van der Waals surface area contributed by atoms with Crippen molar-refractivity contribution < 1.29 is 14.3 Å². The SMILES string of the molecule is Cc1nc(CC(C)C)sc1C(=O)N1CCC(C(=O)N2CC(C)OC(C)C2)CC1. The molecule has 0 bridgehead atoms. The summed E-state index contributed by atoms with van der Waals surface area (Å²) in [6.07, 6.45) is 2.56. The average Bonchev–Trinajstić information content (AvgIpc) is 2.99. The number of ether oxygens (including phenoxy) is 1. The predicted octanol–water partition coefficient (Wildman–Crippen LogP) is 3.14. The van der Waals surface area contributed by atoms with Crippen LogP contribution in [0.1, 0.15) is 60.9 Å². The molecule has 2 aliphatic rings. The molecular weight excluding hydrogens is 374 g/mol. The highest BCUT2D eigenvalue weighted by atomic mass is 32.1. The summed E-state index contributed by atoms with van der Waals surface area (Å²) in [4.78, 5) is 35.1. The molecule has 0 aliphatic carbocycles. The molecule has 3 rings (SSSR count). The number of carbonyl (C=O) groups excluding carboxylic acids is 2. The minimum Gasteiger partial charge on any atom is -0.372 e. The van der Waals surface area contributed by atoms with Crippen molar-refractivity contribution in [1.82, 2.24) is 14.8 Å². The number of likely N-dealkylation sites (tertiary alicyclic amines) is 1. The summed E-state index contributed by atoms with van der Waals surface area (Å²) in [6, 6.07) is 0. The third kappa shape index (κ3) is 4.92. The summed E-state index contributed by atoms with van der Waals surface area (Å²) in [6.45, 7) is 12.9. The van der Waals surface area contributed by atoms with Crippen molar-refractivity contribution in [2.45, 2.75) is 66.1 Å². The van der Waals surface area contributed by atoms with Gasteiger partial charge >= 0.3 is 0 Å². The molecule has 1 aromatic rings. The fraction of sp³-hybridized carbons (Fsp3) is 0.762. The third-order valence-electron chi connectivity index (χ3n) is 5.48. The molecule has 0 aromatic carbocycles. The maximum Gasteiger partial charge on any atom is 0.265 e. The highest BCUT2D eigenvalue weighted by molar-refractivity contribution is 7.13. The number of aromatic nitrogens is 1. The van der Waals surface area contributed by atoms with E-state index >= 15 is 0 Å². The lowest BCUT2D eigenvalue weighted by Crippen LogP contribution is -2.51. The molecule has 156 valence electrons. The van der Waals surface area contributed by atoms with Crippen LogP contribution < -0.4 is 0 Å². The van der Waals surface area contributed by atoms with Crippen molar-refractivity contribution in [3.05, 3.63) is 15.6 Å². The number of hydrogen-bond acceptors (Lipinski definition) is 5. The van der Waals surface area contributed by atoms with Crippen molar-refractivity contribution in [3.8, 4) is 0 Å². The van der Waals surface area contributed by atoms with Crippen molar-refractivity contribution in [2.75, 3.05) is 26.2 Å². The second kappa shape index (κ2) is 8.91. The largest absolute Gasteiger partial charge is 0.372 e. The van der Waals surface area contributed by atoms with Crippen LogP contribution in [0.4, 0.5) is 0 Å². The van der Waals surface area contributed by atoms with E-state index in [1.807, 2.05) is 30.6 Å². The smallest absolute Gasteiger partial charge is 0.265 e. The van der Waals surface area contributed by atoms with Gasteiger partial charge in [-0.2, -0.15) is 0 Å².